The topological polar surface area (TPSA) is 89.4 Å². The molecule has 3 rings (SSSR count). The summed E-state index contributed by atoms with van der Waals surface area (Å²) >= 11 is 0. The Labute approximate surface area is 104 Å². The average Bonchev–Trinajstić information content (AvgIpc) is 2.71. The van der Waals surface area contributed by atoms with Crippen molar-refractivity contribution < 1.29 is 12.8 Å². The van der Waals surface area contributed by atoms with E-state index in [9.17, 15) is 8.42 Å². The monoisotopic (exact) mass is 267 g/mol. The minimum absolute atomic E-state index is 0.147. The molecule has 7 heteroatoms. The number of anilines is 2. The molecular weight excluding hydrogens is 254 g/mol. The Morgan fingerprint density at radius 3 is 2.72 bits per heavy atom. The maximum absolute atomic E-state index is 11.4. The lowest BCUT2D eigenvalue weighted by Gasteiger charge is -2.24. The quantitative estimate of drug-likeness (QED) is 0.763. The molecule has 96 valence electrons. The number of sulfone groups is 1. The van der Waals surface area contributed by atoms with Gasteiger partial charge in [-0.3, -0.25) is 0 Å². The Morgan fingerprint density at radius 2 is 2.00 bits per heavy atom. The first-order valence-corrected chi connectivity index (χ1v) is 7.47. The number of nitrogens with zero attached hydrogens (tertiary/aromatic N) is 2. The van der Waals surface area contributed by atoms with Gasteiger partial charge in [0.25, 0.3) is 6.01 Å². The zero-order valence-electron chi connectivity index (χ0n) is 9.67. The van der Waals surface area contributed by atoms with E-state index in [2.05, 4.69) is 4.98 Å². The SMILES string of the molecule is Nc1ccc2nc(N3CCS(=O)(=O)CC3)oc2c1. The van der Waals surface area contributed by atoms with Gasteiger partial charge in [-0.25, -0.2) is 8.42 Å². The standard InChI is InChI=1S/C11H13N3O3S/c12-8-1-2-9-10(7-8)17-11(13-9)14-3-5-18(15,16)6-4-14/h1-2,7H,3-6,12H2. The van der Waals surface area contributed by atoms with Crippen molar-refractivity contribution in [3.8, 4) is 0 Å². The lowest BCUT2D eigenvalue weighted by molar-refractivity contribution is 0.556. The van der Waals surface area contributed by atoms with Gasteiger partial charge in [0.2, 0.25) is 0 Å². The van der Waals surface area contributed by atoms with Crippen LogP contribution in [0.4, 0.5) is 11.7 Å². The van der Waals surface area contributed by atoms with Gasteiger partial charge in [0.05, 0.1) is 11.5 Å². The number of nitrogens with two attached hydrogens (primary N) is 1. The molecular formula is C11H13N3O3S. The molecule has 0 spiro atoms. The Balaban J connectivity index is 1.91. The fourth-order valence-corrected chi connectivity index (χ4v) is 3.17. The molecule has 1 aliphatic rings. The van der Waals surface area contributed by atoms with Crippen LogP contribution in [0.5, 0.6) is 0 Å². The molecule has 2 heterocycles. The van der Waals surface area contributed by atoms with Crippen LogP contribution in [0, 0.1) is 0 Å². The summed E-state index contributed by atoms with van der Waals surface area (Å²) in [6.45, 7) is 0.843. The van der Waals surface area contributed by atoms with E-state index in [0.717, 1.165) is 5.52 Å². The van der Waals surface area contributed by atoms with Gasteiger partial charge < -0.3 is 15.1 Å². The van der Waals surface area contributed by atoms with E-state index >= 15 is 0 Å². The molecule has 18 heavy (non-hydrogen) atoms. The minimum atomic E-state index is -2.89. The smallest absolute Gasteiger partial charge is 0.298 e. The number of hydrogen-bond donors (Lipinski definition) is 1. The Morgan fingerprint density at radius 1 is 1.28 bits per heavy atom. The number of benzene rings is 1. The third kappa shape index (κ3) is 2.01. The van der Waals surface area contributed by atoms with Crippen LogP contribution >= 0.6 is 0 Å². The predicted molar refractivity (Wildman–Crippen MR) is 69.3 cm³/mol. The summed E-state index contributed by atoms with van der Waals surface area (Å²) in [5, 5.41) is 0. The number of fused-ring (bicyclic) bond motifs is 1. The first-order valence-electron chi connectivity index (χ1n) is 5.65. The summed E-state index contributed by atoms with van der Waals surface area (Å²) in [4.78, 5) is 6.18. The van der Waals surface area contributed by atoms with Crippen LogP contribution in [0.15, 0.2) is 22.6 Å². The van der Waals surface area contributed by atoms with Gasteiger partial charge in [-0.2, -0.15) is 4.98 Å². The highest BCUT2D eigenvalue weighted by Crippen LogP contribution is 2.24. The molecule has 1 fully saturated rings. The average molecular weight is 267 g/mol. The molecule has 0 unspecified atom stereocenters. The van der Waals surface area contributed by atoms with E-state index < -0.39 is 9.84 Å². The zero-order valence-corrected chi connectivity index (χ0v) is 10.5. The van der Waals surface area contributed by atoms with Gasteiger partial charge in [-0.05, 0) is 12.1 Å². The molecule has 0 aliphatic carbocycles. The summed E-state index contributed by atoms with van der Waals surface area (Å²) in [6, 6.07) is 5.73. The Hall–Kier alpha value is -1.76. The van der Waals surface area contributed by atoms with Crippen LogP contribution in [0.1, 0.15) is 0 Å². The van der Waals surface area contributed by atoms with Gasteiger partial charge in [-0.15, -0.1) is 0 Å². The van der Waals surface area contributed by atoms with E-state index in [1.54, 1.807) is 18.2 Å². The molecule has 0 saturated carbocycles. The van der Waals surface area contributed by atoms with Gasteiger partial charge in [-0.1, -0.05) is 0 Å². The van der Waals surface area contributed by atoms with Crippen molar-refractivity contribution in [1.29, 1.82) is 0 Å². The number of nitrogen functional groups attached to an aromatic ring is 1. The van der Waals surface area contributed by atoms with Gasteiger partial charge in [0.15, 0.2) is 15.4 Å². The maximum Gasteiger partial charge on any atom is 0.298 e. The normalized spacial score (nSPS) is 19.2. The highest BCUT2D eigenvalue weighted by Gasteiger charge is 2.24. The summed E-state index contributed by atoms with van der Waals surface area (Å²) in [5.74, 6) is 0.293. The first kappa shape index (κ1) is 11.3. The van der Waals surface area contributed by atoms with E-state index in [4.69, 9.17) is 10.2 Å². The van der Waals surface area contributed by atoms with Crippen LogP contribution in [-0.4, -0.2) is 38.0 Å². The van der Waals surface area contributed by atoms with E-state index in [0.29, 0.717) is 30.4 Å². The number of oxazole rings is 1. The number of hydrogen-bond acceptors (Lipinski definition) is 6. The van der Waals surface area contributed by atoms with Crippen molar-refractivity contribution in [2.45, 2.75) is 0 Å². The first-order chi connectivity index (χ1) is 8.53. The molecule has 2 aromatic rings. The van der Waals surface area contributed by atoms with Crippen molar-refractivity contribution in [2.75, 3.05) is 35.2 Å². The lowest BCUT2D eigenvalue weighted by atomic mass is 10.3. The molecule has 1 aromatic carbocycles. The lowest BCUT2D eigenvalue weighted by Crippen LogP contribution is -2.40. The largest absolute Gasteiger partial charge is 0.423 e. The fraction of sp³-hybridized carbons (Fsp3) is 0.364. The summed E-state index contributed by atoms with van der Waals surface area (Å²) in [6.07, 6.45) is 0. The van der Waals surface area contributed by atoms with Crippen LogP contribution in [0.25, 0.3) is 11.1 Å². The zero-order chi connectivity index (χ0) is 12.8. The predicted octanol–water partition coefficient (Wildman–Crippen LogP) is 0.645. The third-order valence-corrected chi connectivity index (χ3v) is 4.63. The van der Waals surface area contributed by atoms with Gasteiger partial charge >= 0.3 is 0 Å². The van der Waals surface area contributed by atoms with Crippen molar-refractivity contribution >= 4 is 32.6 Å². The van der Waals surface area contributed by atoms with Crippen LogP contribution < -0.4 is 10.6 Å². The summed E-state index contributed by atoms with van der Waals surface area (Å²) < 4.78 is 28.3. The second-order valence-corrected chi connectivity index (χ2v) is 6.67. The van der Waals surface area contributed by atoms with Crippen molar-refractivity contribution in [1.82, 2.24) is 4.98 Å². The second-order valence-electron chi connectivity index (χ2n) is 4.36. The van der Waals surface area contributed by atoms with E-state index in [-0.39, 0.29) is 11.5 Å². The highest BCUT2D eigenvalue weighted by molar-refractivity contribution is 7.91. The third-order valence-electron chi connectivity index (χ3n) is 3.02. The minimum Gasteiger partial charge on any atom is -0.423 e. The molecule has 2 N–H and O–H groups in total. The summed E-state index contributed by atoms with van der Waals surface area (Å²) in [5.41, 5.74) is 7.64. The Bertz CT molecular complexity index is 679. The van der Waals surface area contributed by atoms with E-state index in [1.807, 2.05) is 4.90 Å². The van der Waals surface area contributed by atoms with Gasteiger partial charge in [0.1, 0.15) is 5.52 Å². The summed E-state index contributed by atoms with van der Waals surface area (Å²) in [7, 11) is -2.89. The molecule has 1 aromatic heterocycles. The van der Waals surface area contributed by atoms with E-state index in [1.165, 1.54) is 0 Å². The second kappa shape index (κ2) is 3.88. The van der Waals surface area contributed by atoms with Crippen molar-refractivity contribution in [2.24, 2.45) is 0 Å². The van der Waals surface area contributed by atoms with Crippen molar-refractivity contribution in [3.05, 3.63) is 18.2 Å². The number of aromatic nitrogens is 1. The molecule has 0 radical (unpaired) electrons. The van der Waals surface area contributed by atoms with Crippen LogP contribution in [-0.2, 0) is 9.84 Å². The highest BCUT2D eigenvalue weighted by atomic mass is 32.2. The van der Waals surface area contributed by atoms with Crippen molar-refractivity contribution in [3.63, 3.8) is 0 Å². The molecule has 0 bridgehead atoms. The molecule has 1 aliphatic heterocycles. The fourth-order valence-electron chi connectivity index (χ4n) is 1.97. The maximum atomic E-state index is 11.4. The van der Waals surface area contributed by atoms with Gasteiger partial charge in [0, 0.05) is 24.8 Å². The van der Waals surface area contributed by atoms with Crippen LogP contribution in [0.2, 0.25) is 0 Å². The van der Waals surface area contributed by atoms with Crippen LogP contribution in [0.3, 0.4) is 0 Å². The molecule has 1 saturated heterocycles. The Kier molecular flexibility index (Phi) is 2.44. The molecule has 0 amide bonds. The molecule has 6 nitrogen and oxygen atoms in total. The number of rotatable bonds is 1. The molecule has 0 atom stereocenters.